The Morgan fingerprint density at radius 2 is 2.19 bits per heavy atom. The SMILES string of the molecule is COc1ccc(F)cc1C(C)N1CCNc2c1c1c(Cl)n2-1. The van der Waals surface area contributed by atoms with E-state index in [4.69, 9.17) is 16.3 Å². The highest BCUT2D eigenvalue weighted by Crippen LogP contribution is 2.58. The number of hydrogen-bond donors (Lipinski definition) is 1. The molecule has 0 aromatic heterocycles. The fourth-order valence-corrected chi connectivity index (χ4v) is 3.45. The van der Waals surface area contributed by atoms with Crippen LogP contribution < -0.4 is 15.0 Å². The molecule has 1 aromatic rings. The first-order valence-electron chi connectivity index (χ1n) is 6.92. The number of halogens is 2. The van der Waals surface area contributed by atoms with Crippen LogP contribution in [-0.4, -0.2) is 24.8 Å². The quantitative estimate of drug-likeness (QED) is 0.802. The van der Waals surface area contributed by atoms with Gasteiger partial charge in [0.25, 0.3) is 0 Å². The highest BCUT2D eigenvalue weighted by Gasteiger charge is 2.43. The van der Waals surface area contributed by atoms with Crippen molar-refractivity contribution >= 4 is 23.1 Å². The van der Waals surface area contributed by atoms with E-state index in [0.29, 0.717) is 5.75 Å². The maximum absolute atomic E-state index is 13.6. The monoisotopic (exact) mass is 307 g/mol. The fourth-order valence-electron chi connectivity index (χ4n) is 3.15. The van der Waals surface area contributed by atoms with Crippen LogP contribution in [0, 0.1) is 5.82 Å². The Bertz CT molecular complexity index is 743. The van der Waals surface area contributed by atoms with Crippen LogP contribution in [0.5, 0.6) is 5.75 Å². The Morgan fingerprint density at radius 3 is 2.95 bits per heavy atom. The number of anilines is 2. The third-order valence-corrected chi connectivity index (χ3v) is 4.63. The van der Waals surface area contributed by atoms with Crippen molar-refractivity contribution in [3.63, 3.8) is 0 Å². The highest BCUT2D eigenvalue weighted by molar-refractivity contribution is 6.37. The molecule has 1 atom stereocenters. The molecule has 6 heteroatoms. The van der Waals surface area contributed by atoms with Crippen molar-refractivity contribution in [3.8, 4) is 11.4 Å². The van der Waals surface area contributed by atoms with Gasteiger partial charge in [-0.25, -0.2) is 4.39 Å². The Hall–Kier alpha value is -1.88. The van der Waals surface area contributed by atoms with Crippen molar-refractivity contribution in [3.05, 3.63) is 34.7 Å². The Morgan fingerprint density at radius 1 is 1.38 bits per heavy atom. The molecule has 0 aliphatic carbocycles. The van der Waals surface area contributed by atoms with E-state index < -0.39 is 0 Å². The summed E-state index contributed by atoms with van der Waals surface area (Å²) in [6.07, 6.45) is 0. The molecule has 1 N–H and O–H groups in total. The molecule has 3 heterocycles. The van der Waals surface area contributed by atoms with Gasteiger partial charge in [-0.3, -0.25) is 4.57 Å². The topological polar surface area (TPSA) is 29.4 Å². The van der Waals surface area contributed by atoms with Gasteiger partial charge in [-0.1, -0.05) is 11.6 Å². The minimum Gasteiger partial charge on any atom is -0.496 e. The maximum Gasteiger partial charge on any atom is 0.142 e. The fraction of sp³-hybridized carbons (Fsp3) is 0.333. The minimum absolute atomic E-state index is 0.0162. The van der Waals surface area contributed by atoms with Gasteiger partial charge in [0.1, 0.15) is 33.9 Å². The molecule has 0 bridgehead atoms. The average molecular weight is 308 g/mol. The third kappa shape index (κ3) is 1.67. The molecule has 21 heavy (non-hydrogen) atoms. The van der Waals surface area contributed by atoms with Crippen molar-refractivity contribution in [2.75, 3.05) is 30.4 Å². The van der Waals surface area contributed by atoms with Crippen molar-refractivity contribution in [1.29, 1.82) is 0 Å². The Labute approximate surface area is 127 Å². The van der Waals surface area contributed by atoms with Gasteiger partial charge >= 0.3 is 0 Å². The van der Waals surface area contributed by atoms with Crippen molar-refractivity contribution < 1.29 is 9.13 Å². The van der Waals surface area contributed by atoms with E-state index in [0.717, 1.165) is 41.0 Å². The number of benzene rings is 1. The predicted molar refractivity (Wildman–Crippen MR) is 81.5 cm³/mol. The second kappa shape index (κ2) is 4.31. The molecule has 4 nitrogen and oxygen atoms in total. The average Bonchev–Trinajstić information content (AvgIpc) is 3.06. The zero-order valence-corrected chi connectivity index (χ0v) is 12.5. The summed E-state index contributed by atoms with van der Waals surface area (Å²) in [6, 6.07) is 4.66. The Kier molecular flexibility index (Phi) is 2.63. The van der Waals surface area contributed by atoms with E-state index in [2.05, 4.69) is 17.1 Å². The lowest BCUT2D eigenvalue weighted by Gasteiger charge is -2.39. The van der Waals surface area contributed by atoms with Gasteiger partial charge in [-0.05, 0) is 25.1 Å². The summed E-state index contributed by atoms with van der Waals surface area (Å²) in [6.45, 7) is 3.75. The minimum atomic E-state index is -0.249. The highest BCUT2D eigenvalue weighted by atomic mass is 35.5. The van der Waals surface area contributed by atoms with Crippen molar-refractivity contribution in [1.82, 2.24) is 4.57 Å². The van der Waals surface area contributed by atoms with Gasteiger partial charge in [-0.2, -0.15) is 0 Å². The van der Waals surface area contributed by atoms with Crippen molar-refractivity contribution in [2.24, 2.45) is 0 Å². The number of methoxy groups -OCH3 is 1. The molecular weight excluding hydrogens is 293 g/mol. The summed E-state index contributed by atoms with van der Waals surface area (Å²) in [5, 5.41) is 4.14. The normalized spacial score (nSPS) is 16.3. The van der Waals surface area contributed by atoms with E-state index in [1.165, 1.54) is 6.07 Å². The molecule has 0 saturated heterocycles. The van der Waals surface area contributed by atoms with Gasteiger partial charge in [0.15, 0.2) is 0 Å². The van der Waals surface area contributed by atoms with Crippen LogP contribution in [0.25, 0.3) is 5.69 Å². The molecule has 110 valence electrons. The molecular formula is C15H15ClFN3O. The zero-order valence-electron chi connectivity index (χ0n) is 11.8. The summed E-state index contributed by atoms with van der Waals surface area (Å²) in [5.41, 5.74) is 3.06. The Balaban J connectivity index is 1.73. The number of hydrogen-bond acceptors (Lipinski definition) is 3. The largest absolute Gasteiger partial charge is 0.496 e. The van der Waals surface area contributed by atoms with E-state index in [-0.39, 0.29) is 11.9 Å². The van der Waals surface area contributed by atoms with Gasteiger partial charge < -0.3 is 15.0 Å². The number of ether oxygens (including phenoxy) is 1. The van der Waals surface area contributed by atoms with E-state index >= 15 is 0 Å². The summed E-state index contributed by atoms with van der Waals surface area (Å²) >= 11 is 6.14. The van der Waals surface area contributed by atoms with Crippen LogP contribution >= 0.6 is 11.6 Å². The van der Waals surface area contributed by atoms with Gasteiger partial charge in [0.2, 0.25) is 0 Å². The first-order valence-corrected chi connectivity index (χ1v) is 7.29. The third-order valence-electron chi connectivity index (χ3n) is 4.28. The summed E-state index contributed by atoms with van der Waals surface area (Å²) in [4.78, 5) is 2.25. The summed E-state index contributed by atoms with van der Waals surface area (Å²) < 4.78 is 21.0. The molecule has 0 radical (unpaired) electrons. The van der Waals surface area contributed by atoms with Crippen LogP contribution in [0.3, 0.4) is 0 Å². The summed E-state index contributed by atoms with van der Waals surface area (Å²) in [5.74, 6) is 1.51. The first-order chi connectivity index (χ1) is 10.1. The molecule has 4 rings (SSSR count). The molecule has 0 amide bonds. The molecule has 0 saturated carbocycles. The lowest BCUT2D eigenvalue weighted by Crippen LogP contribution is -2.38. The molecule has 3 aliphatic rings. The molecule has 0 fully saturated rings. The van der Waals surface area contributed by atoms with Gasteiger partial charge in [0.05, 0.1) is 13.2 Å². The van der Waals surface area contributed by atoms with Crippen LogP contribution in [-0.2, 0) is 0 Å². The van der Waals surface area contributed by atoms with Crippen LogP contribution in [0.1, 0.15) is 18.5 Å². The number of rotatable bonds is 3. The second-order valence-corrected chi connectivity index (χ2v) is 5.71. The summed E-state index contributed by atoms with van der Waals surface area (Å²) in [7, 11) is 1.61. The standard InChI is InChI=1S/C15H15ClFN3O/c1-8(10-7-9(17)3-4-11(10)21-2)19-6-5-18-15-13(19)12-14(16)20(12)15/h3-4,7-8,18H,5-6H2,1-2H3. The smallest absolute Gasteiger partial charge is 0.142 e. The van der Waals surface area contributed by atoms with Crippen LogP contribution in [0.2, 0.25) is 5.15 Å². The molecule has 0 spiro atoms. The predicted octanol–water partition coefficient (Wildman–Crippen LogP) is 3.58. The zero-order chi connectivity index (χ0) is 14.7. The van der Waals surface area contributed by atoms with Crippen LogP contribution in [0.15, 0.2) is 18.2 Å². The number of aromatic nitrogens is 1. The van der Waals surface area contributed by atoms with E-state index in [1.807, 2.05) is 4.57 Å². The number of nitrogens with one attached hydrogen (secondary N) is 1. The van der Waals surface area contributed by atoms with Gasteiger partial charge in [0, 0.05) is 18.7 Å². The molecule has 3 aliphatic heterocycles. The molecule has 1 aromatic carbocycles. The first kappa shape index (κ1) is 12.8. The number of nitrogens with zero attached hydrogens (tertiary/aromatic N) is 2. The molecule has 1 unspecified atom stereocenters. The second-order valence-electron chi connectivity index (χ2n) is 5.35. The van der Waals surface area contributed by atoms with Crippen LogP contribution in [0.4, 0.5) is 15.9 Å². The van der Waals surface area contributed by atoms with Crippen molar-refractivity contribution in [2.45, 2.75) is 13.0 Å². The van der Waals surface area contributed by atoms with Gasteiger partial charge in [-0.15, -0.1) is 0 Å². The van der Waals surface area contributed by atoms with E-state index in [9.17, 15) is 4.39 Å². The lowest BCUT2D eigenvalue weighted by molar-refractivity contribution is 0.404. The maximum atomic E-state index is 13.6. The lowest BCUT2D eigenvalue weighted by atomic mass is 10.0. The van der Waals surface area contributed by atoms with E-state index in [1.54, 1.807) is 19.2 Å². The number of fused-ring (bicyclic) bond motifs is 4.